The van der Waals surface area contributed by atoms with Crippen LogP contribution in [0.2, 0.25) is 0 Å². The van der Waals surface area contributed by atoms with E-state index < -0.39 is 55.4 Å². The summed E-state index contributed by atoms with van der Waals surface area (Å²) in [5, 5.41) is 38.0. The summed E-state index contributed by atoms with van der Waals surface area (Å²) in [6.07, 6.45) is -4.01. The highest BCUT2D eigenvalue weighted by Crippen LogP contribution is 2.30. The lowest BCUT2D eigenvalue weighted by molar-refractivity contribution is -0.163. The average molecular weight is 358 g/mol. The minimum Gasteiger partial charge on any atom is -0.480 e. The molecule has 1 aromatic heterocycles. The van der Waals surface area contributed by atoms with Crippen molar-refractivity contribution in [1.82, 2.24) is 14.5 Å². The van der Waals surface area contributed by atoms with Crippen LogP contribution < -0.4 is 11.4 Å². The van der Waals surface area contributed by atoms with E-state index in [1.807, 2.05) is 0 Å². The molecule has 6 N–H and O–H groups in total. The molecule has 0 spiro atoms. The van der Waals surface area contributed by atoms with Crippen molar-refractivity contribution in [2.24, 2.45) is 0 Å². The Balaban J connectivity index is 2.17. The van der Waals surface area contributed by atoms with Crippen molar-refractivity contribution in [2.45, 2.75) is 31.1 Å². The third-order valence-corrected chi connectivity index (χ3v) is 3.64. The lowest BCUT2D eigenvalue weighted by atomic mass is 10.1. The smallest absolute Gasteiger partial charge is 0.351 e. The maximum Gasteiger partial charge on any atom is 0.351 e. The zero-order valence-corrected chi connectivity index (χ0v) is 12.9. The van der Waals surface area contributed by atoms with Gasteiger partial charge in [0.15, 0.2) is 0 Å². The fourth-order valence-corrected chi connectivity index (χ4v) is 2.56. The number of rotatable bonds is 7. The Kier molecular flexibility index (Phi) is 5.69. The number of aliphatic hydroxyl groups is 2. The molecule has 12 heteroatoms. The second-order valence-corrected chi connectivity index (χ2v) is 5.51. The molecule has 0 aromatic carbocycles. The van der Waals surface area contributed by atoms with Crippen molar-refractivity contribution >= 4 is 17.8 Å². The van der Waals surface area contributed by atoms with Gasteiger partial charge in [-0.2, -0.15) is 4.98 Å². The Morgan fingerprint density at radius 2 is 2.00 bits per heavy atom. The third-order valence-electron chi connectivity index (χ3n) is 3.64. The summed E-state index contributed by atoms with van der Waals surface area (Å²) in [5.74, 6) is -2.71. The molecule has 25 heavy (non-hydrogen) atoms. The largest absolute Gasteiger partial charge is 0.480 e. The average Bonchev–Trinajstić information content (AvgIpc) is 2.86. The van der Waals surface area contributed by atoms with Gasteiger partial charge in [0, 0.05) is 12.6 Å². The van der Waals surface area contributed by atoms with Crippen molar-refractivity contribution in [3.63, 3.8) is 0 Å². The van der Waals surface area contributed by atoms with Crippen LogP contribution in [0.3, 0.4) is 0 Å². The molecular weight excluding hydrogens is 340 g/mol. The maximum atomic E-state index is 11.8. The van der Waals surface area contributed by atoms with Crippen LogP contribution in [0.1, 0.15) is 12.6 Å². The maximum absolute atomic E-state index is 11.8. The summed E-state index contributed by atoms with van der Waals surface area (Å²) in [4.78, 5) is 37.7. The van der Waals surface area contributed by atoms with E-state index in [2.05, 4.69) is 4.98 Å². The molecule has 0 saturated carbocycles. The fraction of sp³-hybridized carbons (Fsp3) is 0.538. The van der Waals surface area contributed by atoms with Crippen molar-refractivity contribution in [3.8, 4) is 0 Å². The topological polar surface area (TPSA) is 188 Å². The number of nitrogens with two attached hydrogens (primary N) is 1. The lowest BCUT2D eigenvalue weighted by Crippen LogP contribution is -2.51. The van der Waals surface area contributed by atoms with Gasteiger partial charge >= 0.3 is 17.6 Å². The molecule has 1 saturated heterocycles. The molecule has 12 nitrogen and oxygen atoms in total. The number of ether oxygens (including phenoxy) is 1. The number of hydrogen-bond donors (Lipinski definition) is 5. The van der Waals surface area contributed by atoms with E-state index in [4.69, 9.17) is 20.7 Å². The van der Waals surface area contributed by atoms with Gasteiger partial charge < -0.3 is 30.9 Å². The van der Waals surface area contributed by atoms with Crippen molar-refractivity contribution in [3.05, 3.63) is 22.7 Å². The van der Waals surface area contributed by atoms with E-state index in [1.54, 1.807) is 0 Å². The minimum absolute atomic E-state index is 0.00507. The van der Waals surface area contributed by atoms with E-state index in [9.17, 15) is 24.6 Å². The first kappa shape index (κ1) is 18.8. The molecule has 138 valence electrons. The van der Waals surface area contributed by atoms with E-state index in [1.165, 1.54) is 12.3 Å². The predicted octanol–water partition coefficient (Wildman–Crippen LogP) is -2.74. The SMILES string of the molecule is Nc1ccn([C@H]2C[C@H](O)[C@@H](C(O)N(CC(=O)O)CC(=O)O)O2)c(=O)n1. The molecule has 0 aliphatic carbocycles. The van der Waals surface area contributed by atoms with E-state index in [0.29, 0.717) is 0 Å². The number of carbonyl (C=O) groups is 2. The highest BCUT2D eigenvalue weighted by molar-refractivity contribution is 5.72. The van der Waals surface area contributed by atoms with Gasteiger partial charge in [-0.3, -0.25) is 19.1 Å². The molecule has 2 heterocycles. The van der Waals surface area contributed by atoms with Crippen LogP contribution in [0.25, 0.3) is 0 Å². The monoisotopic (exact) mass is 358 g/mol. The number of nitrogens with zero attached hydrogens (tertiary/aromatic N) is 3. The Morgan fingerprint density at radius 1 is 1.40 bits per heavy atom. The zero-order valence-electron chi connectivity index (χ0n) is 12.9. The standard InChI is InChI=1S/C13H18N4O8/c14-7-1-2-17(13(24)15-7)8-3-6(18)11(25-8)12(23)16(4-9(19)20)5-10(21)22/h1-2,6,8,11-12,18,23H,3-5H2,(H,19,20)(H,21,22)(H2,14,15,24)/t6-,8+,11-,12?/m0/s1. The first-order valence-electron chi connectivity index (χ1n) is 7.23. The summed E-state index contributed by atoms with van der Waals surface area (Å²) in [6, 6.07) is 1.35. The van der Waals surface area contributed by atoms with Gasteiger partial charge in [-0.15, -0.1) is 0 Å². The van der Waals surface area contributed by atoms with Gasteiger partial charge in [-0.25, -0.2) is 4.79 Å². The Bertz CT molecular complexity index is 692. The van der Waals surface area contributed by atoms with Crippen molar-refractivity contribution in [1.29, 1.82) is 0 Å². The Hall–Kier alpha value is -2.54. The Morgan fingerprint density at radius 3 is 2.52 bits per heavy atom. The van der Waals surface area contributed by atoms with Crippen molar-refractivity contribution in [2.75, 3.05) is 18.8 Å². The summed E-state index contributed by atoms with van der Waals surface area (Å²) >= 11 is 0. The molecular formula is C13H18N4O8. The molecule has 0 bridgehead atoms. The fourth-order valence-electron chi connectivity index (χ4n) is 2.56. The number of aliphatic carboxylic acids is 2. The van der Waals surface area contributed by atoms with E-state index in [0.717, 1.165) is 9.47 Å². The summed E-state index contributed by atoms with van der Waals surface area (Å²) in [7, 11) is 0. The quantitative estimate of drug-likeness (QED) is 0.318. The molecule has 0 radical (unpaired) electrons. The first-order chi connectivity index (χ1) is 11.7. The van der Waals surface area contributed by atoms with E-state index in [-0.39, 0.29) is 12.2 Å². The lowest BCUT2D eigenvalue weighted by Gasteiger charge is -2.30. The van der Waals surface area contributed by atoms with Gasteiger partial charge in [0.2, 0.25) is 0 Å². The van der Waals surface area contributed by atoms with Gasteiger partial charge in [-0.05, 0) is 6.07 Å². The first-order valence-corrected chi connectivity index (χ1v) is 7.23. The number of anilines is 1. The van der Waals surface area contributed by atoms with Crippen LogP contribution in [0, 0.1) is 0 Å². The highest BCUT2D eigenvalue weighted by Gasteiger charge is 2.42. The summed E-state index contributed by atoms with van der Waals surface area (Å²) in [6.45, 7) is -1.54. The highest BCUT2D eigenvalue weighted by atomic mass is 16.5. The number of aromatic nitrogens is 2. The third kappa shape index (κ3) is 4.51. The molecule has 1 aliphatic heterocycles. The number of aliphatic hydroxyl groups excluding tert-OH is 2. The molecule has 1 aliphatic rings. The normalized spacial score (nSPS) is 24.4. The number of carboxylic acids is 2. The molecule has 1 aromatic rings. The van der Waals surface area contributed by atoms with E-state index >= 15 is 0 Å². The Labute approximate surface area is 140 Å². The van der Waals surface area contributed by atoms with Gasteiger partial charge in [0.1, 0.15) is 24.4 Å². The second kappa shape index (κ2) is 7.57. The van der Waals surface area contributed by atoms with Crippen LogP contribution in [-0.2, 0) is 14.3 Å². The summed E-state index contributed by atoms with van der Waals surface area (Å²) in [5.41, 5.74) is 4.67. The number of carboxylic acid groups (broad SMARTS) is 2. The molecule has 1 unspecified atom stereocenters. The number of hydrogen-bond acceptors (Lipinski definition) is 9. The molecule has 2 rings (SSSR count). The molecule has 0 amide bonds. The van der Waals surface area contributed by atoms with Crippen LogP contribution in [0.4, 0.5) is 5.82 Å². The minimum atomic E-state index is -1.70. The zero-order chi connectivity index (χ0) is 18.7. The van der Waals surface area contributed by atoms with Gasteiger partial charge in [0.05, 0.1) is 19.2 Å². The van der Waals surface area contributed by atoms with Crippen LogP contribution in [0.5, 0.6) is 0 Å². The van der Waals surface area contributed by atoms with Crippen LogP contribution in [-0.4, -0.2) is 78.3 Å². The number of nitrogen functional groups attached to an aromatic ring is 1. The van der Waals surface area contributed by atoms with Gasteiger partial charge in [0.25, 0.3) is 0 Å². The van der Waals surface area contributed by atoms with Crippen molar-refractivity contribution < 1.29 is 34.8 Å². The van der Waals surface area contributed by atoms with Gasteiger partial charge in [-0.1, -0.05) is 0 Å². The molecule has 4 atom stereocenters. The van der Waals surface area contributed by atoms with Crippen LogP contribution >= 0.6 is 0 Å². The van der Waals surface area contributed by atoms with Crippen LogP contribution in [0.15, 0.2) is 17.1 Å². The summed E-state index contributed by atoms with van der Waals surface area (Å²) < 4.78 is 6.50. The predicted molar refractivity (Wildman–Crippen MR) is 80.3 cm³/mol. The second-order valence-electron chi connectivity index (χ2n) is 5.51. The molecule has 1 fully saturated rings.